The molecule has 2 fully saturated rings. The van der Waals surface area contributed by atoms with E-state index in [0.29, 0.717) is 0 Å². The largest absolute Gasteiger partial charge is 0.392 e. The number of piperidine rings is 1. The van der Waals surface area contributed by atoms with Crippen molar-refractivity contribution >= 4 is 23.2 Å². The van der Waals surface area contributed by atoms with Crippen LogP contribution < -0.4 is 0 Å². The predicted octanol–water partition coefficient (Wildman–Crippen LogP) is 5.50. The Morgan fingerprint density at radius 1 is 0.800 bits per heavy atom. The van der Waals surface area contributed by atoms with Gasteiger partial charge in [0.05, 0.1) is 6.10 Å². The first-order valence-electron chi connectivity index (χ1n) is 8.97. The molecule has 1 saturated heterocycles. The van der Waals surface area contributed by atoms with E-state index in [1.807, 2.05) is 24.3 Å². The molecule has 4 rings (SSSR count). The molecule has 4 atom stereocenters. The van der Waals surface area contributed by atoms with E-state index in [1.54, 1.807) is 0 Å². The van der Waals surface area contributed by atoms with Crippen molar-refractivity contribution in [2.75, 3.05) is 7.05 Å². The quantitative estimate of drug-likeness (QED) is 0.748. The van der Waals surface area contributed by atoms with Crippen molar-refractivity contribution in [1.29, 1.82) is 0 Å². The van der Waals surface area contributed by atoms with Crippen LogP contribution in [0, 0.1) is 11.8 Å². The third-order valence-electron chi connectivity index (χ3n) is 6.06. The maximum absolute atomic E-state index is 11.1. The van der Waals surface area contributed by atoms with Crippen LogP contribution in [0.5, 0.6) is 0 Å². The summed E-state index contributed by atoms with van der Waals surface area (Å²) in [4.78, 5) is 2.45. The summed E-state index contributed by atoms with van der Waals surface area (Å²) >= 11 is 12.2. The van der Waals surface area contributed by atoms with Crippen molar-refractivity contribution in [3.63, 3.8) is 0 Å². The van der Waals surface area contributed by atoms with E-state index in [4.69, 9.17) is 23.2 Å². The summed E-state index contributed by atoms with van der Waals surface area (Å²) in [6.45, 7) is 0. The van der Waals surface area contributed by atoms with E-state index >= 15 is 0 Å². The molecule has 2 aromatic rings. The zero-order chi connectivity index (χ0) is 17.6. The number of rotatable bonds is 2. The van der Waals surface area contributed by atoms with Gasteiger partial charge >= 0.3 is 0 Å². The van der Waals surface area contributed by atoms with Crippen LogP contribution in [0.3, 0.4) is 0 Å². The molecule has 0 amide bonds. The van der Waals surface area contributed by atoms with E-state index in [9.17, 15) is 5.11 Å². The normalized spacial score (nSPS) is 32.6. The van der Waals surface area contributed by atoms with Crippen molar-refractivity contribution in [3.8, 4) is 0 Å². The summed E-state index contributed by atoms with van der Waals surface area (Å²) in [5.74, 6) is 0.543. The molecule has 0 aromatic heterocycles. The number of halogens is 2. The molecule has 1 aliphatic carbocycles. The fourth-order valence-electron chi connectivity index (χ4n) is 5.00. The summed E-state index contributed by atoms with van der Waals surface area (Å²) in [5, 5.41) is 12.6. The standard InChI is InChI=1S/C21H23Cl2NO/c1-24-19(13-5-9-15(22)10-6-13)17-3-2-4-18(21(17)25)20(24)14-7-11-16(23)12-8-14/h5-12,17-21,25H,2-4H2,1H3. The highest BCUT2D eigenvalue weighted by molar-refractivity contribution is 6.30. The van der Waals surface area contributed by atoms with Crippen LogP contribution >= 0.6 is 23.2 Å². The average molecular weight is 376 g/mol. The molecular weight excluding hydrogens is 353 g/mol. The Morgan fingerprint density at radius 2 is 1.20 bits per heavy atom. The van der Waals surface area contributed by atoms with Crippen molar-refractivity contribution < 1.29 is 5.11 Å². The molecule has 0 radical (unpaired) electrons. The second kappa shape index (κ2) is 6.92. The number of aliphatic hydroxyl groups excluding tert-OH is 1. The summed E-state index contributed by atoms with van der Waals surface area (Å²) in [7, 11) is 2.19. The van der Waals surface area contributed by atoms with Gasteiger partial charge in [0, 0.05) is 34.0 Å². The number of fused-ring (bicyclic) bond motifs is 2. The minimum absolute atomic E-state index is 0.199. The minimum Gasteiger partial charge on any atom is -0.392 e. The van der Waals surface area contributed by atoms with Crippen LogP contribution in [0.2, 0.25) is 10.0 Å². The van der Waals surface area contributed by atoms with Crippen molar-refractivity contribution in [2.45, 2.75) is 37.5 Å². The van der Waals surface area contributed by atoms with Gasteiger partial charge in [-0.25, -0.2) is 0 Å². The molecule has 132 valence electrons. The first kappa shape index (κ1) is 17.4. The van der Waals surface area contributed by atoms with E-state index in [-0.39, 0.29) is 30.0 Å². The van der Waals surface area contributed by atoms with Crippen molar-refractivity contribution in [2.24, 2.45) is 11.8 Å². The maximum atomic E-state index is 11.1. The van der Waals surface area contributed by atoms with Gasteiger partial charge in [-0.05, 0) is 55.3 Å². The van der Waals surface area contributed by atoms with Gasteiger partial charge in [-0.2, -0.15) is 0 Å². The van der Waals surface area contributed by atoms with Crippen LogP contribution in [0.1, 0.15) is 42.5 Å². The Bertz CT molecular complexity index is 669. The molecule has 25 heavy (non-hydrogen) atoms. The molecular formula is C21H23Cl2NO. The number of aliphatic hydroxyl groups is 1. The zero-order valence-corrected chi connectivity index (χ0v) is 15.8. The molecule has 1 saturated carbocycles. The van der Waals surface area contributed by atoms with Gasteiger partial charge in [-0.3, -0.25) is 4.90 Å². The third kappa shape index (κ3) is 3.10. The van der Waals surface area contributed by atoms with Gasteiger partial charge in [0.1, 0.15) is 0 Å². The van der Waals surface area contributed by atoms with Crippen molar-refractivity contribution in [1.82, 2.24) is 4.90 Å². The first-order valence-corrected chi connectivity index (χ1v) is 9.73. The molecule has 2 nitrogen and oxygen atoms in total. The lowest BCUT2D eigenvalue weighted by Gasteiger charge is -2.54. The summed E-state index contributed by atoms with van der Waals surface area (Å²) in [6, 6.07) is 16.6. The highest BCUT2D eigenvalue weighted by atomic mass is 35.5. The molecule has 4 heteroatoms. The van der Waals surface area contributed by atoms with Crippen LogP contribution in [-0.2, 0) is 0 Å². The monoisotopic (exact) mass is 375 g/mol. The lowest BCUT2D eigenvalue weighted by Crippen LogP contribution is -2.53. The average Bonchev–Trinajstić information content (AvgIpc) is 2.60. The van der Waals surface area contributed by atoms with E-state index in [2.05, 4.69) is 36.2 Å². The highest BCUT2D eigenvalue weighted by Crippen LogP contribution is 2.53. The number of hydrogen-bond donors (Lipinski definition) is 1. The van der Waals surface area contributed by atoms with E-state index in [0.717, 1.165) is 22.9 Å². The van der Waals surface area contributed by atoms with E-state index < -0.39 is 0 Å². The van der Waals surface area contributed by atoms with Gasteiger partial charge in [0.15, 0.2) is 0 Å². The van der Waals surface area contributed by atoms with Crippen LogP contribution in [0.25, 0.3) is 0 Å². The highest BCUT2D eigenvalue weighted by Gasteiger charge is 2.49. The maximum Gasteiger partial charge on any atom is 0.0633 e. The summed E-state index contributed by atoms with van der Waals surface area (Å²) in [6.07, 6.45) is 3.05. The van der Waals surface area contributed by atoms with Gasteiger partial charge in [0.25, 0.3) is 0 Å². The third-order valence-corrected chi connectivity index (χ3v) is 6.57. The molecule has 4 unspecified atom stereocenters. The van der Waals surface area contributed by atoms with Crippen LogP contribution in [0.15, 0.2) is 48.5 Å². The van der Waals surface area contributed by atoms with Crippen LogP contribution in [0.4, 0.5) is 0 Å². The van der Waals surface area contributed by atoms with Gasteiger partial charge in [-0.15, -0.1) is 0 Å². The van der Waals surface area contributed by atoms with Gasteiger partial charge in [-0.1, -0.05) is 53.9 Å². The number of benzene rings is 2. The summed E-state index contributed by atoms with van der Waals surface area (Å²) in [5.41, 5.74) is 2.46. The second-order valence-electron chi connectivity index (χ2n) is 7.41. The number of nitrogens with zero attached hydrogens (tertiary/aromatic N) is 1. The number of hydrogen-bond acceptors (Lipinski definition) is 2. The first-order chi connectivity index (χ1) is 12.1. The Hall–Kier alpha value is -1.06. The molecule has 2 aromatic carbocycles. The van der Waals surface area contributed by atoms with Crippen molar-refractivity contribution in [3.05, 3.63) is 69.7 Å². The Kier molecular flexibility index (Phi) is 4.81. The predicted molar refractivity (Wildman–Crippen MR) is 103 cm³/mol. The Labute approximate surface area is 159 Å². The Morgan fingerprint density at radius 3 is 1.60 bits per heavy atom. The SMILES string of the molecule is CN1C(c2ccc(Cl)cc2)C2CCCC(C2O)C1c1ccc(Cl)cc1. The smallest absolute Gasteiger partial charge is 0.0633 e. The lowest BCUT2D eigenvalue weighted by molar-refractivity contribution is -0.112. The lowest BCUT2D eigenvalue weighted by atomic mass is 9.65. The molecule has 2 aliphatic rings. The fourth-order valence-corrected chi connectivity index (χ4v) is 5.25. The summed E-state index contributed by atoms with van der Waals surface area (Å²) < 4.78 is 0. The molecule has 1 aliphatic heterocycles. The minimum atomic E-state index is -0.272. The molecule has 0 spiro atoms. The van der Waals surface area contributed by atoms with Gasteiger partial charge in [0.2, 0.25) is 0 Å². The van der Waals surface area contributed by atoms with Crippen LogP contribution in [-0.4, -0.2) is 23.2 Å². The Balaban J connectivity index is 1.76. The second-order valence-corrected chi connectivity index (χ2v) is 8.28. The van der Waals surface area contributed by atoms with E-state index in [1.165, 1.54) is 17.5 Å². The van der Waals surface area contributed by atoms with Gasteiger partial charge < -0.3 is 5.11 Å². The molecule has 2 bridgehead atoms. The number of likely N-dealkylation sites (tertiary alicyclic amines) is 1. The molecule has 1 heterocycles. The zero-order valence-electron chi connectivity index (χ0n) is 14.3. The fraction of sp³-hybridized carbons (Fsp3) is 0.429. The molecule has 1 N–H and O–H groups in total. The topological polar surface area (TPSA) is 23.5 Å².